The molecule has 110 valence electrons. The molecule has 0 aliphatic carbocycles. The Hall–Kier alpha value is -2.88. The van der Waals surface area contributed by atoms with Crippen LogP contribution in [0, 0.1) is 21.4 Å². The Morgan fingerprint density at radius 2 is 2.29 bits per heavy atom. The van der Waals surface area contributed by atoms with Crippen LogP contribution in [0.4, 0.5) is 11.4 Å². The minimum atomic E-state index is -1.12. The summed E-state index contributed by atoms with van der Waals surface area (Å²) in [5.41, 5.74) is 0.680. The predicted molar refractivity (Wildman–Crippen MR) is 77.9 cm³/mol. The molecular formula is C14H15N3O4. The van der Waals surface area contributed by atoms with Gasteiger partial charge in [0.15, 0.2) is 0 Å². The van der Waals surface area contributed by atoms with E-state index in [1.54, 1.807) is 31.0 Å². The average Bonchev–Trinajstić information content (AvgIpc) is 2.44. The van der Waals surface area contributed by atoms with Gasteiger partial charge in [-0.05, 0) is 24.6 Å². The van der Waals surface area contributed by atoms with E-state index in [1.807, 2.05) is 6.07 Å². The maximum Gasteiger partial charge on any atom is 0.328 e. The first-order valence-corrected chi connectivity index (χ1v) is 6.16. The summed E-state index contributed by atoms with van der Waals surface area (Å²) < 4.78 is 0. The Bertz CT molecular complexity index is 619. The molecule has 1 aromatic carbocycles. The molecular weight excluding hydrogens is 274 g/mol. The Kier molecular flexibility index (Phi) is 5.43. The predicted octanol–water partition coefficient (Wildman–Crippen LogP) is 2.43. The maximum absolute atomic E-state index is 11.2. The number of nitro benzene ring substituents is 1. The van der Waals surface area contributed by atoms with Gasteiger partial charge in [-0.1, -0.05) is 6.07 Å². The third-order valence-electron chi connectivity index (χ3n) is 3.04. The van der Waals surface area contributed by atoms with Gasteiger partial charge in [-0.3, -0.25) is 10.1 Å². The molecule has 1 atom stereocenters. The number of nitrogens with zero attached hydrogens (tertiary/aromatic N) is 3. The van der Waals surface area contributed by atoms with Gasteiger partial charge in [0.05, 0.1) is 17.4 Å². The number of carboxylic acid groups (broad SMARTS) is 1. The topological polar surface area (TPSA) is 107 Å². The number of carbonyl (C=O) groups is 1. The molecule has 0 bridgehead atoms. The molecule has 0 fully saturated rings. The van der Waals surface area contributed by atoms with Crippen molar-refractivity contribution in [3.63, 3.8) is 0 Å². The van der Waals surface area contributed by atoms with Gasteiger partial charge in [0.2, 0.25) is 0 Å². The highest BCUT2D eigenvalue weighted by Crippen LogP contribution is 2.30. The van der Waals surface area contributed by atoms with Gasteiger partial charge in [0.25, 0.3) is 5.69 Å². The summed E-state index contributed by atoms with van der Waals surface area (Å²) in [7, 11) is 1.68. The molecule has 1 aromatic rings. The molecule has 0 amide bonds. The zero-order valence-corrected chi connectivity index (χ0v) is 11.7. The number of nitriles is 1. The van der Waals surface area contributed by atoms with Gasteiger partial charge < -0.3 is 10.0 Å². The molecule has 0 aromatic heterocycles. The van der Waals surface area contributed by atoms with E-state index in [2.05, 4.69) is 0 Å². The zero-order valence-electron chi connectivity index (χ0n) is 11.7. The van der Waals surface area contributed by atoms with Crippen LogP contribution in [0.3, 0.4) is 0 Å². The Labute approximate surface area is 121 Å². The molecule has 1 rings (SSSR count). The lowest BCUT2D eigenvalue weighted by Crippen LogP contribution is -2.28. The van der Waals surface area contributed by atoms with Crippen molar-refractivity contribution in [2.75, 3.05) is 11.9 Å². The van der Waals surface area contributed by atoms with Crippen LogP contribution in [0.2, 0.25) is 0 Å². The van der Waals surface area contributed by atoms with E-state index >= 15 is 0 Å². The number of aliphatic carboxylic acids is 1. The van der Waals surface area contributed by atoms with Crippen LogP contribution in [0.5, 0.6) is 0 Å². The van der Waals surface area contributed by atoms with Crippen LogP contribution in [0.25, 0.3) is 6.08 Å². The molecule has 0 saturated heterocycles. The van der Waals surface area contributed by atoms with E-state index in [0.717, 1.165) is 6.08 Å². The van der Waals surface area contributed by atoms with E-state index in [4.69, 9.17) is 10.4 Å². The second kappa shape index (κ2) is 7.05. The number of hydrogen-bond donors (Lipinski definition) is 1. The van der Waals surface area contributed by atoms with E-state index in [0.29, 0.717) is 11.3 Å². The number of nitro groups is 1. The standard InChI is InChI=1S/C14H15N3O4/c1-10(7-8-15)16(2)12-5-3-11(4-6-14(18)19)9-13(12)17(20)21/h3-6,9-10H,7H2,1-2H3,(H,18,19). The first-order valence-electron chi connectivity index (χ1n) is 6.16. The zero-order chi connectivity index (χ0) is 16.0. The summed E-state index contributed by atoms with van der Waals surface area (Å²) in [4.78, 5) is 22.8. The fourth-order valence-electron chi connectivity index (χ4n) is 1.76. The van der Waals surface area contributed by atoms with Gasteiger partial charge in [0, 0.05) is 25.2 Å². The van der Waals surface area contributed by atoms with E-state index < -0.39 is 10.9 Å². The lowest BCUT2D eigenvalue weighted by molar-refractivity contribution is -0.384. The number of carboxylic acids is 1. The van der Waals surface area contributed by atoms with Gasteiger partial charge >= 0.3 is 5.97 Å². The summed E-state index contributed by atoms with van der Waals surface area (Å²) >= 11 is 0. The molecule has 0 saturated carbocycles. The molecule has 0 heterocycles. The van der Waals surface area contributed by atoms with Gasteiger partial charge in [-0.25, -0.2) is 4.79 Å². The molecule has 1 unspecified atom stereocenters. The van der Waals surface area contributed by atoms with Gasteiger partial charge in [-0.2, -0.15) is 5.26 Å². The lowest BCUT2D eigenvalue weighted by Gasteiger charge is -2.24. The normalized spacial score (nSPS) is 11.9. The van der Waals surface area contributed by atoms with Gasteiger partial charge in [0.1, 0.15) is 5.69 Å². The first kappa shape index (κ1) is 16.2. The molecule has 0 radical (unpaired) electrons. The highest BCUT2D eigenvalue weighted by Gasteiger charge is 2.20. The quantitative estimate of drug-likeness (QED) is 0.489. The van der Waals surface area contributed by atoms with Crippen molar-refractivity contribution in [3.8, 4) is 6.07 Å². The smallest absolute Gasteiger partial charge is 0.328 e. The second-order valence-corrected chi connectivity index (χ2v) is 4.50. The monoisotopic (exact) mass is 289 g/mol. The summed E-state index contributed by atoms with van der Waals surface area (Å²) in [5, 5.41) is 28.4. The summed E-state index contributed by atoms with van der Waals surface area (Å²) in [5.74, 6) is -1.12. The van der Waals surface area contributed by atoms with Crippen LogP contribution in [0.15, 0.2) is 24.3 Å². The molecule has 0 aliphatic heterocycles. The SMILES string of the molecule is CC(CC#N)N(C)c1ccc(C=CC(=O)O)cc1[N+](=O)[O-]. The van der Waals surface area contributed by atoms with Crippen LogP contribution in [-0.4, -0.2) is 29.1 Å². The molecule has 0 aliphatic rings. The minimum Gasteiger partial charge on any atom is -0.478 e. The molecule has 21 heavy (non-hydrogen) atoms. The summed E-state index contributed by atoms with van der Waals surface area (Å²) in [6.07, 6.45) is 2.45. The number of anilines is 1. The van der Waals surface area contributed by atoms with Crippen molar-refractivity contribution in [2.45, 2.75) is 19.4 Å². The van der Waals surface area contributed by atoms with Crippen LogP contribution in [0.1, 0.15) is 18.9 Å². The second-order valence-electron chi connectivity index (χ2n) is 4.50. The van der Waals surface area contributed by atoms with Crippen molar-refractivity contribution in [1.82, 2.24) is 0 Å². The third-order valence-corrected chi connectivity index (χ3v) is 3.04. The molecule has 0 spiro atoms. The fraction of sp³-hybridized carbons (Fsp3) is 0.286. The Morgan fingerprint density at radius 3 is 2.81 bits per heavy atom. The summed E-state index contributed by atoms with van der Waals surface area (Å²) in [6.45, 7) is 1.80. The maximum atomic E-state index is 11.2. The Balaban J connectivity index is 3.19. The van der Waals surface area contributed by atoms with E-state index in [-0.39, 0.29) is 18.2 Å². The third kappa shape index (κ3) is 4.31. The minimum absolute atomic E-state index is 0.130. The van der Waals surface area contributed by atoms with Crippen LogP contribution in [-0.2, 0) is 4.79 Å². The molecule has 7 heteroatoms. The largest absolute Gasteiger partial charge is 0.478 e. The van der Waals surface area contributed by atoms with Gasteiger partial charge in [-0.15, -0.1) is 0 Å². The van der Waals surface area contributed by atoms with Crippen molar-refractivity contribution in [1.29, 1.82) is 5.26 Å². The van der Waals surface area contributed by atoms with Crippen molar-refractivity contribution in [3.05, 3.63) is 40.0 Å². The number of benzene rings is 1. The van der Waals surface area contributed by atoms with Crippen molar-refractivity contribution >= 4 is 23.4 Å². The van der Waals surface area contributed by atoms with Crippen molar-refractivity contribution in [2.24, 2.45) is 0 Å². The first-order chi connectivity index (χ1) is 9.86. The van der Waals surface area contributed by atoms with Crippen molar-refractivity contribution < 1.29 is 14.8 Å². The number of rotatable bonds is 6. The summed E-state index contributed by atoms with van der Waals surface area (Å²) in [6, 6.07) is 6.30. The number of hydrogen-bond acceptors (Lipinski definition) is 5. The molecule has 7 nitrogen and oxygen atoms in total. The highest BCUT2D eigenvalue weighted by molar-refractivity contribution is 5.85. The molecule has 1 N–H and O–H groups in total. The highest BCUT2D eigenvalue weighted by atomic mass is 16.6. The van der Waals surface area contributed by atoms with Crippen LogP contribution >= 0.6 is 0 Å². The Morgan fingerprint density at radius 1 is 1.62 bits per heavy atom. The fourth-order valence-corrected chi connectivity index (χ4v) is 1.76. The average molecular weight is 289 g/mol. The van der Waals surface area contributed by atoms with Crippen LogP contribution < -0.4 is 4.90 Å². The van der Waals surface area contributed by atoms with E-state index in [9.17, 15) is 14.9 Å². The van der Waals surface area contributed by atoms with E-state index in [1.165, 1.54) is 12.1 Å². The lowest BCUT2D eigenvalue weighted by atomic mass is 10.1.